The van der Waals surface area contributed by atoms with Gasteiger partial charge in [-0.1, -0.05) is 35.9 Å². The average molecular weight is 301 g/mol. The Morgan fingerprint density at radius 1 is 1.40 bits per heavy atom. The predicted molar refractivity (Wildman–Crippen MR) is 84.6 cm³/mol. The van der Waals surface area contributed by atoms with Crippen molar-refractivity contribution in [1.82, 2.24) is 0 Å². The molecule has 1 heterocycles. The number of rotatable bonds is 2. The van der Waals surface area contributed by atoms with E-state index in [0.29, 0.717) is 6.42 Å². The van der Waals surface area contributed by atoms with Crippen molar-refractivity contribution in [1.29, 1.82) is 5.26 Å². The molecular formula is C16H13ClN2S. The number of allylic oxidation sites excluding steroid dienone is 4. The van der Waals surface area contributed by atoms with Crippen LogP contribution in [0, 0.1) is 17.2 Å². The van der Waals surface area contributed by atoms with Crippen molar-refractivity contribution in [3.63, 3.8) is 0 Å². The number of para-hydroxylation sites is 1. The lowest BCUT2D eigenvalue weighted by molar-refractivity contribution is 0.829. The molecule has 2 nitrogen and oxygen atoms in total. The number of aliphatic imine (C=N–C) groups is 1. The Balaban J connectivity index is 1.93. The Kier molecular flexibility index (Phi) is 3.95. The van der Waals surface area contributed by atoms with Crippen LogP contribution >= 0.6 is 23.4 Å². The van der Waals surface area contributed by atoms with Crippen molar-refractivity contribution in [2.45, 2.75) is 17.7 Å². The molecule has 1 atom stereocenters. The summed E-state index contributed by atoms with van der Waals surface area (Å²) in [5.74, 6) is 0.997. The smallest absolute Gasteiger partial charge is 0.0765 e. The Morgan fingerprint density at radius 2 is 2.25 bits per heavy atom. The van der Waals surface area contributed by atoms with Crippen LogP contribution in [0.15, 0.2) is 56.9 Å². The van der Waals surface area contributed by atoms with E-state index in [1.54, 1.807) is 11.8 Å². The van der Waals surface area contributed by atoms with Crippen molar-refractivity contribution in [3.8, 4) is 6.07 Å². The molecule has 1 aliphatic carbocycles. The van der Waals surface area contributed by atoms with E-state index in [1.807, 2.05) is 24.3 Å². The Hall–Kier alpha value is -1.50. The molecule has 4 heteroatoms. The van der Waals surface area contributed by atoms with Gasteiger partial charge in [-0.05, 0) is 24.1 Å². The standard InChI is InChI=1S/C16H13ClN2S/c17-16-11(8-9-18)4-3-5-12(16)14-10-20-15-7-2-1-6-13(15)19-14/h1-4,6-7,12H,5,8,10H2. The van der Waals surface area contributed by atoms with Crippen LogP contribution in [-0.2, 0) is 0 Å². The number of thioether (sulfide) groups is 1. The molecule has 0 amide bonds. The molecule has 20 heavy (non-hydrogen) atoms. The lowest BCUT2D eigenvalue weighted by Crippen LogP contribution is -2.21. The summed E-state index contributed by atoms with van der Waals surface area (Å²) in [5.41, 5.74) is 3.06. The zero-order chi connectivity index (χ0) is 13.9. The minimum Gasteiger partial charge on any atom is -0.255 e. The van der Waals surface area contributed by atoms with Gasteiger partial charge in [0.25, 0.3) is 0 Å². The molecule has 0 aromatic heterocycles. The van der Waals surface area contributed by atoms with Gasteiger partial charge in [-0.15, -0.1) is 11.8 Å². The molecule has 1 unspecified atom stereocenters. The lowest BCUT2D eigenvalue weighted by atomic mass is 9.91. The molecule has 0 N–H and O–H groups in total. The van der Waals surface area contributed by atoms with Crippen LogP contribution in [0.5, 0.6) is 0 Å². The van der Waals surface area contributed by atoms with Crippen molar-refractivity contribution in [2.75, 3.05) is 5.75 Å². The van der Waals surface area contributed by atoms with E-state index in [-0.39, 0.29) is 5.92 Å². The number of fused-ring (bicyclic) bond motifs is 1. The second kappa shape index (κ2) is 5.87. The van der Waals surface area contributed by atoms with Gasteiger partial charge in [-0.2, -0.15) is 5.26 Å². The summed E-state index contributed by atoms with van der Waals surface area (Å²) in [5, 5.41) is 9.64. The van der Waals surface area contributed by atoms with Gasteiger partial charge in [-0.3, -0.25) is 4.99 Å². The molecule has 0 radical (unpaired) electrons. The summed E-state index contributed by atoms with van der Waals surface area (Å²) < 4.78 is 0. The zero-order valence-electron chi connectivity index (χ0n) is 10.8. The maximum Gasteiger partial charge on any atom is 0.0765 e. The van der Waals surface area contributed by atoms with Crippen LogP contribution in [-0.4, -0.2) is 11.5 Å². The van der Waals surface area contributed by atoms with Gasteiger partial charge in [-0.25, -0.2) is 0 Å². The maximum atomic E-state index is 8.85. The van der Waals surface area contributed by atoms with Crippen LogP contribution in [0.1, 0.15) is 12.8 Å². The summed E-state index contributed by atoms with van der Waals surface area (Å²) in [7, 11) is 0. The summed E-state index contributed by atoms with van der Waals surface area (Å²) in [4.78, 5) is 6.00. The first-order chi connectivity index (χ1) is 9.79. The fourth-order valence-corrected chi connectivity index (χ4v) is 3.80. The molecule has 100 valence electrons. The third-order valence-corrected chi connectivity index (χ3v) is 5.08. The lowest BCUT2D eigenvalue weighted by Gasteiger charge is -2.25. The largest absolute Gasteiger partial charge is 0.255 e. The first-order valence-corrected chi connectivity index (χ1v) is 7.87. The fraction of sp³-hybridized carbons (Fsp3) is 0.250. The second-order valence-corrected chi connectivity index (χ2v) is 6.18. The fourth-order valence-electron chi connectivity index (χ4n) is 2.45. The number of nitriles is 1. The van der Waals surface area contributed by atoms with E-state index in [4.69, 9.17) is 21.9 Å². The molecule has 2 aliphatic rings. The molecule has 1 aromatic carbocycles. The highest BCUT2D eigenvalue weighted by Crippen LogP contribution is 2.39. The van der Waals surface area contributed by atoms with E-state index in [0.717, 1.165) is 34.2 Å². The van der Waals surface area contributed by atoms with Gasteiger partial charge in [0, 0.05) is 27.3 Å². The molecule has 3 rings (SSSR count). The Bertz CT molecular complexity index is 667. The second-order valence-electron chi connectivity index (χ2n) is 4.76. The van der Waals surface area contributed by atoms with E-state index >= 15 is 0 Å². The third-order valence-electron chi connectivity index (χ3n) is 3.48. The van der Waals surface area contributed by atoms with Crippen molar-refractivity contribution < 1.29 is 0 Å². The van der Waals surface area contributed by atoms with Gasteiger partial charge in [0.05, 0.1) is 18.2 Å². The third kappa shape index (κ3) is 2.54. The molecule has 0 fully saturated rings. The number of hydrogen-bond acceptors (Lipinski definition) is 3. The molecular weight excluding hydrogens is 288 g/mol. The average Bonchev–Trinajstić information content (AvgIpc) is 2.49. The monoisotopic (exact) mass is 300 g/mol. The van der Waals surface area contributed by atoms with E-state index in [2.05, 4.69) is 18.2 Å². The number of benzene rings is 1. The molecule has 0 saturated heterocycles. The van der Waals surface area contributed by atoms with Crippen LogP contribution in [0.2, 0.25) is 0 Å². The van der Waals surface area contributed by atoms with Gasteiger partial charge in [0.2, 0.25) is 0 Å². The molecule has 0 bridgehead atoms. The van der Waals surface area contributed by atoms with Gasteiger partial charge in [0.1, 0.15) is 0 Å². The molecule has 1 aliphatic heterocycles. The summed E-state index contributed by atoms with van der Waals surface area (Å²) in [6.45, 7) is 0. The van der Waals surface area contributed by atoms with Gasteiger partial charge >= 0.3 is 0 Å². The first-order valence-electron chi connectivity index (χ1n) is 6.51. The molecule has 1 aromatic rings. The quantitative estimate of drug-likeness (QED) is 0.783. The SMILES string of the molecule is N#CCC1=C(Cl)C(C2=Nc3ccccc3SC2)CC=C1. The predicted octanol–water partition coefficient (Wildman–Crippen LogP) is 4.85. The number of nitrogens with zero attached hydrogens (tertiary/aromatic N) is 2. The highest BCUT2D eigenvalue weighted by atomic mass is 35.5. The number of halogens is 1. The topological polar surface area (TPSA) is 36.1 Å². The van der Waals surface area contributed by atoms with Crippen molar-refractivity contribution >= 4 is 34.8 Å². The minimum absolute atomic E-state index is 0.130. The van der Waals surface area contributed by atoms with E-state index in [9.17, 15) is 0 Å². The van der Waals surface area contributed by atoms with Crippen LogP contribution in [0.3, 0.4) is 0 Å². The minimum atomic E-state index is 0.130. The molecule has 0 saturated carbocycles. The van der Waals surface area contributed by atoms with Crippen LogP contribution in [0.4, 0.5) is 5.69 Å². The highest BCUT2D eigenvalue weighted by molar-refractivity contribution is 8.00. The maximum absolute atomic E-state index is 8.85. The van der Waals surface area contributed by atoms with Crippen molar-refractivity contribution in [3.05, 3.63) is 47.0 Å². The highest BCUT2D eigenvalue weighted by Gasteiger charge is 2.26. The Labute approximate surface area is 127 Å². The zero-order valence-corrected chi connectivity index (χ0v) is 12.4. The normalized spacial score (nSPS) is 21.2. The van der Waals surface area contributed by atoms with Crippen molar-refractivity contribution in [2.24, 2.45) is 10.9 Å². The Morgan fingerprint density at radius 3 is 3.10 bits per heavy atom. The van der Waals surface area contributed by atoms with Crippen LogP contribution < -0.4 is 0 Å². The summed E-state index contributed by atoms with van der Waals surface area (Å²) in [6, 6.07) is 10.3. The van der Waals surface area contributed by atoms with Gasteiger partial charge < -0.3 is 0 Å². The molecule has 0 spiro atoms. The van der Waals surface area contributed by atoms with E-state index in [1.165, 1.54) is 4.90 Å². The van der Waals surface area contributed by atoms with E-state index < -0.39 is 0 Å². The van der Waals surface area contributed by atoms with Crippen LogP contribution in [0.25, 0.3) is 0 Å². The summed E-state index contributed by atoms with van der Waals surface area (Å²) in [6.07, 6.45) is 5.29. The van der Waals surface area contributed by atoms with Gasteiger partial charge in [0.15, 0.2) is 0 Å². The number of hydrogen-bond donors (Lipinski definition) is 0. The summed E-state index contributed by atoms with van der Waals surface area (Å²) >= 11 is 8.28. The first kappa shape index (κ1) is 13.5.